The third-order valence-electron chi connectivity index (χ3n) is 5.14. The zero-order valence-electron chi connectivity index (χ0n) is 18.6. The van der Waals surface area contributed by atoms with Gasteiger partial charge in [-0.15, -0.1) is 6.42 Å². The van der Waals surface area contributed by atoms with Crippen LogP contribution in [0.15, 0.2) is 45.6 Å². The molecule has 3 aromatic heterocycles. The SMILES string of the molecule is C#C/C=C(/OC)c1nc(-c2c(C(C)=O)nc3c(-c4ccccc4)c(C(F)(F)F)[nH]n3c2=O)oc1C. The highest BCUT2D eigenvalue weighted by atomic mass is 19.4. The number of hydrogen-bond donors (Lipinski definition) is 1. The van der Waals surface area contributed by atoms with E-state index in [9.17, 15) is 22.8 Å². The number of nitrogens with one attached hydrogen (secondary N) is 1. The van der Waals surface area contributed by atoms with Crippen molar-refractivity contribution >= 4 is 17.2 Å². The first-order chi connectivity index (χ1) is 16.6. The molecule has 0 aliphatic carbocycles. The Morgan fingerprint density at radius 2 is 1.89 bits per heavy atom. The molecule has 0 bridgehead atoms. The summed E-state index contributed by atoms with van der Waals surface area (Å²) in [7, 11) is 1.35. The maximum absolute atomic E-state index is 13.9. The second-order valence-corrected chi connectivity index (χ2v) is 7.38. The number of hydrogen-bond acceptors (Lipinski definition) is 6. The summed E-state index contributed by atoms with van der Waals surface area (Å²) in [4.78, 5) is 34.3. The van der Waals surface area contributed by atoms with E-state index >= 15 is 0 Å². The molecule has 1 aromatic carbocycles. The average Bonchev–Trinajstić information content (AvgIpc) is 3.39. The second-order valence-electron chi connectivity index (χ2n) is 7.38. The van der Waals surface area contributed by atoms with Crippen LogP contribution in [0.3, 0.4) is 0 Å². The molecule has 0 saturated carbocycles. The fourth-order valence-electron chi connectivity index (χ4n) is 3.63. The van der Waals surface area contributed by atoms with E-state index in [2.05, 4.69) is 21.0 Å². The second kappa shape index (κ2) is 8.64. The number of aromatic nitrogens is 4. The van der Waals surface area contributed by atoms with Gasteiger partial charge < -0.3 is 9.15 Å². The van der Waals surface area contributed by atoms with E-state index in [-0.39, 0.29) is 39.9 Å². The van der Waals surface area contributed by atoms with Crippen molar-refractivity contribution in [2.75, 3.05) is 7.11 Å². The van der Waals surface area contributed by atoms with Gasteiger partial charge in [-0.25, -0.2) is 9.97 Å². The zero-order chi connectivity index (χ0) is 25.5. The molecule has 35 heavy (non-hydrogen) atoms. The zero-order valence-corrected chi connectivity index (χ0v) is 18.6. The number of benzene rings is 1. The number of oxazole rings is 1. The van der Waals surface area contributed by atoms with E-state index in [4.69, 9.17) is 15.6 Å². The number of Topliss-reactive ketones (excluding diaryl/α,β-unsaturated/α-hetero) is 1. The van der Waals surface area contributed by atoms with E-state index in [1.165, 1.54) is 32.2 Å². The number of carbonyl (C=O) groups is 1. The average molecular weight is 482 g/mol. The molecule has 0 aliphatic rings. The summed E-state index contributed by atoms with van der Waals surface area (Å²) in [5.41, 5.74) is -3.41. The van der Waals surface area contributed by atoms with Gasteiger partial charge in [0.1, 0.15) is 28.4 Å². The van der Waals surface area contributed by atoms with E-state index in [1.807, 2.05) is 0 Å². The minimum atomic E-state index is -4.85. The van der Waals surface area contributed by atoms with Crippen molar-refractivity contribution in [2.45, 2.75) is 20.0 Å². The highest BCUT2D eigenvalue weighted by Gasteiger charge is 2.39. The number of methoxy groups -OCH3 is 1. The molecule has 1 N–H and O–H groups in total. The first kappa shape index (κ1) is 23.6. The molecule has 4 aromatic rings. The molecule has 4 rings (SSSR count). The van der Waals surface area contributed by atoms with Gasteiger partial charge in [-0.1, -0.05) is 36.3 Å². The number of allylic oxidation sites excluding steroid dienone is 1. The number of carbonyl (C=O) groups excluding carboxylic acids is 1. The first-order valence-electron chi connectivity index (χ1n) is 10.1. The van der Waals surface area contributed by atoms with Crippen LogP contribution in [-0.2, 0) is 10.9 Å². The molecular formula is C24H17F3N4O4. The smallest absolute Gasteiger partial charge is 0.433 e. The lowest BCUT2D eigenvalue weighted by Crippen LogP contribution is -2.22. The number of H-pyrrole nitrogens is 1. The van der Waals surface area contributed by atoms with E-state index in [1.54, 1.807) is 18.2 Å². The van der Waals surface area contributed by atoms with Crippen molar-refractivity contribution < 1.29 is 27.1 Å². The van der Waals surface area contributed by atoms with Crippen LogP contribution in [0.4, 0.5) is 13.2 Å². The van der Waals surface area contributed by atoms with Gasteiger partial charge >= 0.3 is 6.18 Å². The summed E-state index contributed by atoms with van der Waals surface area (Å²) in [6.07, 6.45) is 1.73. The molecule has 0 fully saturated rings. The normalized spacial score (nSPS) is 12.1. The Bertz CT molecular complexity index is 1590. The molecule has 0 amide bonds. The van der Waals surface area contributed by atoms with Gasteiger partial charge in [0, 0.05) is 13.0 Å². The van der Waals surface area contributed by atoms with Crippen LogP contribution in [0.1, 0.15) is 34.6 Å². The van der Waals surface area contributed by atoms with E-state index in [0.717, 1.165) is 6.92 Å². The molecule has 0 radical (unpaired) electrons. The molecule has 8 nitrogen and oxygen atoms in total. The standard InChI is InChI=1S/C24H17F3N4O4/c1-5-9-15(34-4)19-13(3)35-22(29-19)17-18(12(2)32)28-21-16(14-10-7-6-8-11-14)20(24(25,26)27)30-31(21)23(17)33/h1,6-11,30H,2-4H3/b15-9+. The number of nitrogens with zero attached hydrogens (tertiary/aromatic N) is 3. The number of alkyl halides is 3. The van der Waals surface area contributed by atoms with Crippen molar-refractivity contribution in [3.63, 3.8) is 0 Å². The number of terminal acetylenes is 1. The quantitative estimate of drug-likeness (QED) is 0.255. The summed E-state index contributed by atoms with van der Waals surface area (Å²) < 4.78 is 53.2. The van der Waals surface area contributed by atoms with E-state index < -0.39 is 34.5 Å². The summed E-state index contributed by atoms with van der Waals surface area (Å²) >= 11 is 0. The van der Waals surface area contributed by atoms with Gasteiger partial charge in [0.05, 0.1) is 12.7 Å². The Labute approximate surface area is 196 Å². The molecule has 0 unspecified atom stereocenters. The molecule has 3 heterocycles. The Morgan fingerprint density at radius 3 is 2.46 bits per heavy atom. The highest BCUT2D eigenvalue weighted by molar-refractivity contribution is 5.99. The van der Waals surface area contributed by atoms with Crippen LogP contribution in [0.25, 0.3) is 34.0 Å². The van der Waals surface area contributed by atoms with Crippen LogP contribution >= 0.6 is 0 Å². The summed E-state index contributed by atoms with van der Waals surface area (Å²) in [5.74, 6) is 1.65. The van der Waals surface area contributed by atoms with Crippen molar-refractivity contribution in [3.8, 4) is 34.9 Å². The molecule has 0 atom stereocenters. The van der Waals surface area contributed by atoms with Crippen molar-refractivity contribution in [3.05, 3.63) is 69.6 Å². The Balaban J connectivity index is 2.09. The van der Waals surface area contributed by atoms with Crippen LogP contribution in [0, 0.1) is 19.3 Å². The van der Waals surface area contributed by atoms with Gasteiger partial charge in [0.25, 0.3) is 5.56 Å². The van der Waals surface area contributed by atoms with Gasteiger partial charge in [-0.2, -0.15) is 17.7 Å². The molecule has 0 spiro atoms. The maximum atomic E-state index is 13.9. The third-order valence-corrected chi connectivity index (χ3v) is 5.14. The lowest BCUT2D eigenvalue weighted by atomic mass is 10.1. The van der Waals surface area contributed by atoms with Crippen molar-refractivity contribution in [1.82, 2.24) is 19.6 Å². The monoisotopic (exact) mass is 482 g/mol. The number of ketones is 1. The minimum Gasteiger partial charge on any atom is -0.494 e. The molecule has 178 valence electrons. The predicted octanol–water partition coefficient (Wildman–Crippen LogP) is 4.49. The third kappa shape index (κ3) is 3.99. The highest BCUT2D eigenvalue weighted by Crippen LogP contribution is 2.38. The number of aromatic amines is 1. The first-order valence-corrected chi connectivity index (χ1v) is 10.1. The Hall–Kier alpha value is -4.59. The molecule has 0 aliphatic heterocycles. The summed E-state index contributed by atoms with van der Waals surface area (Å²) in [6.45, 7) is 2.66. The number of fused-ring (bicyclic) bond motifs is 1. The lowest BCUT2D eigenvalue weighted by Gasteiger charge is -2.07. The van der Waals surface area contributed by atoms with Crippen LogP contribution in [0.5, 0.6) is 0 Å². The van der Waals surface area contributed by atoms with Gasteiger partial charge in [-0.05, 0) is 12.5 Å². The van der Waals surface area contributed by atoms with Crippen LogP contribution in [-0.4, -0.2) is 32.5 Å². The lowest BCUT2D eigenvalue weighted by molar-refractivity contribution is -0.140. The van der Waals surface area contributed by atoms with Crippen molar-refractivity contribution in [1.29, 1.82) is 0 Å². The Morgan fingerprint density at radius 1 is 1.20 bits per heavy atom. The number of halogens is 3. The largest absolute Gasteiger partial charge is 0.494 e. The van der Waals surface area contributed by atoms with Crippen molar-refractivity contribution in [2.24, 2.45) is 0 Å². The summed E-state index contributed by atoms with van der Waals surface area (Å²) in [6, 6.07) is 7.62. The number of ether oxygens (including phenoxy) is 1. The Kier molecular flexibility index (Phi) is 5.82. The summed E-state index contributed by atoms with van der Waals surface area (Å²) in [5, 5.41) is 2.10. The minimum absolute atomic E-state index is 0.157. The van der Waals surface area contributed by atoms with Gasteiger partial charge in [0.2, 0.25) is 5.89 Å². The number of rotatable bonds is 5. The fraction of sp³-hybridized carbons (Fsp3) is 0.167. The molecule has 11 heteroatoms. The van der Waals surface area contributed by atoms with E-state index in [0.29, 0.717) is 4.52 Å². The van der Waals surface area contributed by atoms with Gasteiger partial charge in [-0.3, -0.25) is 14.7 Å². The predicted molar refractivity (Wildman–Crippen MR) is 120 cm³/mol. The topological polar surface area (TPSA) is 102 Å². The number of aryl methyl sites for hydroxylation is 1. The molecule has 0 saturated heterocycles. The van der Waals surface area contributed by atoms with Crippen LogP contribution < -0.4 is 5.56 Å². The van der Waals surface area contributed by atoms with Crippen LogP contribution in [0.2, 0.25) is 0 Å². The van der Waals surface area contributed by atoms with Gasteiger partial charge in [0.15, 0.2) is 17.2 Å². The fourth-order valence-corrected chi connectivity index (χ4v) is 3.63. The maximum Gasteiger partial charge on any atom is 0.433 e. The molecular weight excluding hydrogens is 465 g/mol.